The number of nitrogens with zero attached hydrogens (tertiary/aromatic N) is 2. The first-order valence-corrected chi connectivity index (χ1v) is 4.07. The van der Waals surface area contributed by atoms with E-state index in [9.17, 15) is 4.79 Å². The molecule has 0 heterocycles. The summed E-state index contributed by atoms with van der Waals surface area (Å²) in [4.78, 5) is 14.3. The highest BCUT2D eigenvalue weighted by molar-refractivity contribution is 6.45. The van der Waals surface area contributed by atoms with E-state index in [1.54, 1.807) is 6.92 Å². The first kappa shape index (κ1) is 9.17. The number of Topliss-reactive ketones (excluding diaryl/α,β-unsaturated/α-hetero) is 1. The first-order valence-electron chi connectivity index (χ1n) is 3.69. The second-order valence-electron chi connectivity index (χ2n) is 2.95. The number of rotatable bonds is 0. The summed E-state index contributed by atoms with van der Waals surface area (Å²) in [7, 11) is 0. The third kappa shape index (κ3) is 1.33. The number of hydrogen-bond donors (Lipinski definition) is 0. The van der Waals surface area contributed by atoms with Gasteiger partial charge in [0.05, 0.1) is 16.5 Å². The fourth-order valence-electron chi connectivity index (χ4n) is 1.33. The zero-order valence-corrected chi connectivity index (χ0v) is 7.72. The highest BCUT2D eigenvalue weighted by atomic mass is 35.5. The Morgan fingerprint density at radius 3 is 2.75 bits per heavy atom. The predicted octanol–water partition coefficient (Wildman–Crippen LogP) is 1.78. The SMILES string of the molecule is CC1=C(Cl)C(=O)CC(C)C1=[N+]=[N-]. The van der Waals surface area contributed by atoms with Crippen molar-refractivity contribution in [3.05, 3.63) is 16.1 Å². The molecule has 0 radical (unpaired) electrons. The van der Waals surface area contributed by atoms with Gasteiger partial charge in [0, 0.05) is 6.42 Å². The van der Waals surface area contributed by atoms with Gasteiger partial charge in [-0.25, -0.2) is 0 Å². The molecule has 1 unspecified atom stereocenters. The van der Waals surface area contributed by atoms with E-state index in [4.69, 9.17) is 17.1 Å². The standard InChI is InChI=1S/C8H9ClN2O/c1-4-3-6(12)7(9)5(2)8(4)11-10/h4H,3H2,1-2H3. The Morgan fingerprint density at radius 2 is 2.25 bits per heavy atom. The molecule has 1 aliphatic carbocycles. The van der Waals surface area contributed by atoms with Gasteiger partial charge in [-0.3, -0.25) is 4.79 Å². The van der Waals surface area contributed by atoms with Crippen LogP contribution in [-0.2, 0) is 4.79 Å². The van der Waals surface area contributed by atoms with Crippen molar-refractivity contribution in [2.75, 3.05) is 0 Å². The summed E-state index contributed by atoms with van der Waals surface area (Å²) in [5.41, 5.74) is 9.72. The Kier molecular flexibility index (Phi) is 2.46. The van der Waals surface area contributed by atoms with Gasteiger partial charge in [0.2, 0.25) is 0 Å². The van der Waals surface area contributed by atoms with Crippen LogP contribution in [0.1, 0.15) is 20.3 Å². The maximum Gasteiger partial charge on any atom is 0.299 e. The summed E-state index contributed by atoms with van der Waals surface area (Å²) in [6.45, 7) is 3.52. The van der Waals surface area contributed by atoms with Gasteiger partial charge >= 0.3 is 0 Å². The van der Waals surface area contributed by atoms with Crippen LogP contribution >= 0.6 is 11.6 Å². The number of halogens is 1. The third-order valence-corrected chi connectivity index (χ3v) is 2.52. The third-order valence-electron chi connectivity index (χ3n) is 2.02. The molecule has 4 heteroatoms. The lowest BCUT2D eigenvalue weighted by Gasteiger charge is -2.13. The molecule has 0 spiro atoms. The zero-order valence-electron chi connectivity index (χ0n) is 6.97. The molecule has 3 nitrogen and oxygen atoms in total. The van der Waals surface area contributed by atoms with Gasteiger partial charge in [-0.2, -0.15) is 4.79 Å². The summed E-state index contributed by atoms with van der Waals surface area (Å²) >= 11 is 5.69. The van der Waals surface area contributed by atoms with Crippen molar-refractivity contribution in [2.24, 2.45) is 5.92 Å². The zero-order chi connectivity index (χ0) is 9.30. The Balaban J connectivity index is 3.24. The molecule has 0 bridgehead atoms. The summed E-state index contributed by atoms with van der Waals surface area (Å²) in [5, 5.41) is 0.195. The largest absolute Gasteiger partial charge is 0.361 e. The van der Waals surface area contributed by atoms with Crippen LogP contribution in [0.5, 0.6) is 0 Å². The van der Waals surface area contributed by atoms with Crippen molar-refractivity contribution in [2.45, 2.75) is 20.3 Å². The van der Waals surface area contributed by atoms with Crippen LogP contribution in [0, 0.1) is 5.92 Å². The van der Waals surface area contributed by atoms with Crippen LogP contribution in [0.3, 0.4) is 0 Å². The number of ketones is 1. The van der Waals surface area contributed by atoms with Gasteiger partial charge in [0.25, 0.3) is 5.71 Å². The lowest BCUT2D eigenvalue weighted by Crippen LogP contribution is -2.24. The van der Waals surface area contributed by atoms with E-state index in [1.807, 2.05) is 6.92 Å². The van der Waals surface area contributed by atoms with Crippen LogP contribution in [-0.4, -0.2) is 16.3 Å². The molecule has 0 aromatic heterocycles. The minimum Gasteiger partial charge on any atom is -0.361 e. The van der Waals surface area contributed by atoms with E-state index in [2.05, 4.69) is 4.79 Å². The van der Waals surface area contributed by atoms with Gasteiger partial charge in [0.1, 0.15) is 0 Å². The van der Waals surface area contributed by atoms with Crippen LogP contribution in [0.4, 0.5) is 0 Å². The smallest absolute Gasteiger partial charge is 0.299 e. The minimum absolute atomic E-state index is 0.0370. The molecule has 0 saturated heterocycles. The Hall–Kier alpha value is -0.920. The van der Waals surface area contributed by atoms with E-state index >= 15 is 0 Å². The lowest BCUT2D eigenvalue weighted by atomic mass is 9.88. The van der Waals surface area contributed by atoms with Crippen molar-refractivity contribution in [3.63, 3.8) is 0 Å². The highest BCUT2D eigenvalue weighted by Crippen LogP contribution is 2.25. The van der Waals surface area contributed by atoms with Gasteiger partial charge in [-0.05, 0) is 6.92 Å². The Bertz CT molecular complexity index is 313. The van der Waals surface area contributed by atoms with E-state index < -0.39 is 0 Å². The molecule has 0 amide bonds. The monoisotopic (exact) mass is 184 g/mol. The molecule has 0 fully saturated rings. The number of carbonyl (C=O) groups is 1. The normalized spacial score (nSPS) is 24.4. The lowest BCUT2D eigenvalue weighted by molar-refractivity contribution is -0.116. The molecule has 0 aliphatic heterocycles. The highest BCUT2D eigenvalue weighted by Gasteiger charge is 2.32. The molecule has 1 atom stereocenters. The summed E-state index contributed by atoms with van der Waals surface area (Å²) in [5.74, 6) is -0.112. The molecule has 12 heavy (non-hydrogen) atoms. The second kappa shape index (κ2) is 3.21. The predicted molar refractivity (Wildman–Crippen MR) is 46.0 cm³/mol. The van der Waals surface area contributed by atoms with Gasteiger partial charge in [-0.1, -0.05) is 18.5 Å². The molecule has 1 rings (SSSR count). The van der Waals surface area contributed by atoms with Crippen LogP contribution in [0.15, 0.2) is 10.6 Å². The van der Waals surface area contributed by atoms with Crippen LogP contribution in [0.25, 0.3) is 5.53 Å². The molecule has 0 aromatic rings. The molecule has 0 aromatic carbocycles. The van der Waals surface area contributed by atoms with E-state index in [-0.39, 0.29) is 16.7 Å². The second-order valence-corrected chi connectivity index (χ2v) is 3.33. The fraction of sp³-hybridized carbons (Fsp3) is 0.500. The molecule has 1 aliphatic rings. The number of allylic oxidation sites excluding steroid dienone is 2. The topological polar surface area (TPSA) is 53.5 Å². The molecular weight excluding hydrogens is 176 g/mol. The maximum atomic E-state index is 11.1. The fourth-order valence-corrected chi connectivity index (χ4v) is 1.50. The van der Waals surface area contributed by atoms with Crippen molar-refractivity contribution in [1.29, 1.82) is 0 Å². The minimum atomic E-state index is -0.0749. The van der Waals surface area contributed by atoms with E-state index in [1.165, 1.54) is 0 Å². The van der Waals surface area contributed by atoms with E-state index in [0.717, 1.165) is 0 Å². The van der Waals surface area contributed by atoms with Crippen molar-refractivity contribution in [1.82, 2.24) is 0 Å². The summed E-state index contributed by atoms with van der Waals surface area (Å²) in [6.07, 6.45) is 0.329. The van der Waals surface area contributed by atoms with Crippen LogP contribution < -0.4 is 0 Å². The number of carbonyl (C=O) groups excluding carboxylic acids is 1. The number of hydrogen-bond acceptors (Lipinski definition) is 1. The summed E-state index contributed by atoms with van der Waals surface area (Å²) in [6, 6.07) is 0. The first-order chi connectivity index (χ1) is 5.57. The average Bonchev–Trinajstić information content (AvgIpc) is 2.01. The van der Waals surface area contributed by atoms with Crippen LogP contribution in [0.2, 0.25) is 0 Å². The Labute approximate surface area is 75.6 Å². The van der Waals surface area contributed by atoms with Gasteiger partial charge in [-0.15, -0.1) is 0 Å². The average molecular weight is 185 g/mol. The molecule has 0 saturated carbocycles. The van der Waals surface area contributed by atoms with E-state index in [0.29, 0.717) is 17.7 Å². The van der Waals surface area contributed by atoms with Crippen molar-refractivity contribution < 1.29 is 9.58 Å². The Morgan fingerprint density at radius 1 is 1.67 bits per heavy atom. The molecule has 64 valence electrons. The van der Waals surface area contributed by atoms with Crippen molar-refractivity contribution in [3.8, 4) is 0 Å². The molecule has 0 N–H and O–H groups in total. The maximum absolute atomic E-state index is 11.1. The molecular formula is C8H9ClN2O. The van der Waals surface area contributed by atoms with Crippen molar-refractivity contribution >= 4 is 23.1 Å². The summed E-state index contributed by atoms with van der Waals surface area (Å²) < 4.78 is 0. The van der Waals surface area contributed by atoms with Gasteiger partial charge < -0.3 is 5.53 Å². The van der Waals surface area contributed by atoms with Gasteiger partial charge in [0.15, 0.2) is 5.78 Å². The quantitative estimate of drug-likeness (QED) is 0.418.